The highest BCUT2D eigenvalue weighted by atomic mass is 16.4. The van der Waals surface area contributed by atoms with Gasteiger partial charge in [0.05, 0.1) is 6.61 Å². The molecule has 0 heterocycles. The van der Waals surface area contributed by atoms with Crippen LogP contribution in [0.2, 0.25) is 0 Å². The largest absolute Gasteiger partial charge is 0.550 e. The van der Waals surface area contributed by atoms with E-state index in [0.29, 0.717) is 0 Å². The van der Waals surface area contributed by atoms with Crippen molar-refractivity contribution in [1.82, 2.24) is 5.32 Å². The molecule has 3 N–H and O–H groups in total. The number of hydrogen-bond acceptors (Lipinski definition) is 5. The molecule has 0 unspecified atom stereocenters. The predicted molar refractivity (Wildman–Crippen MR) is 56.2 cm³/mol. The standard InChI is InChI=1S/C9H17NO5.CH4/c1-9(2,5-11)7(14)8(15)10-4-3-6(12)13;/h7,11,14H,3-5H2,1-2H3,(H,10,15)(H,12,13);1H4/p-1/t7-;/m0./s1. The molecule has 0 aromatic carbocycles. The summed E-state index contributed by atoms with van der Waals surface area (Å²) < 4.78 is 0. The minimum Gasteiger partial charge on any atom is -0.550 e. The zero-order valence-electron chi connectivity index (χ0n) is 8.82. The summed E-state index contributed by atoms with van der Waals surface area (Å²) in [4.78, 5) is 21.3. The van der Waals surface area contributed by atoms with Crippen molar-refractivity contribution in [1.29, 1.82) is 0 Å². The number of carboxylic acid groups (broad SMARTS) is 1. The van der Waals surface area contributed by atoms with E-state index in [4.69, 9.17) is 5.11 Å². The Hall–Kier alpha value is -1.14. The molecule has 0 aliphatic rings. The highest BCUT2D eigenvalue weighted by Gasteiger charge is 2.32. The van der Waals surface area contributed by atoms with Gasteiger partial charge in [0.15, 0.2) is 0 Å². The Morgan fingerprint density at radius 1 is 1.44 bits per heavy atom. The van der Waals surface area contributed by atoms with Crippen molar-refractivity contribution in [3.63, 3.8) is 0 Å². The smallest absolute Gasteiger partial charge is 0.249 e. The minimum absolute atomic E-state index is 0. The van der Waals surface area contributed by atoms with E-state index in [1.807, 2.05) is 0 Å². The summed E-state index contributed by atoms with van der Waals surface area (Å²) >= 11 is 0. The van der Waals surface area contributed by atoms with Gasteiger partial charge in [-0.15, -0.1) is 0 Å². The van der Waals surface area contributed by atoms with E-state index in [2.05, 4.69) is 5.32 Å². The van der Waals surface area contributed by atoms with Crippen LogP contribution in [0.5, 0.6) is 0 Å². The predicted octanol–water partition coefficient (Wildman–Crippen LogP) is -1.74. The van der Waals surface area contributed by atoms with Crippen LogP contribution < -0.4 is 10.4 Å². The Morgan fingerprint density at radius 3 is 2.31 bits per heavy atom. The number of carbonyl (C=O) groups excluding carboxylic acids is 2. The number of carboxylic acids is 1. The number of hydrogen-bond donors (Lipinski definition) is 3. The van der Waals surface area contributed by atoms with Gasteiger partial charge >= 0.3 is 0 Å². The average molecular weight is 234 g/mol. The van der Waals surface area contributed by atoms with Crippen molar-refractivity contribution in [2.45, 2.75) is 33.8 Å². The van der Waals surface area contributed by atoms with Gasteiger partial charge in [-0.25, -0.2) is 0 Å². The lowest BCUT2D eigenvalue weighted by Gasteiger charge is -2.27. The quantitative estimate of drug-likeness (QED) is 0.505. The van der Waals surface area contributed by atoms with Crippen LogP contribution in [-0.4, -0.2) is 41.3 Å². The fourth-order valence-electron chi connectivity index (χ4n) is 0.826. The van der Waals surface area contributed by atoms with Crippen LogP contribution >= 0.6 is 0 Å². The monoisotopic (exact) mass is 234 g/mol. The van der Waals surface area contributed by atoms with Crippen molar-refractivity contribution in [3.8, 4) is 0 Å². The molecule has 6 nitrogen and oxygen atoms in total. The van der Waals surface area contributed by atoms with Crippen LogP contribution in [0.3, 0.4) is 0 Å². The van der Waals surface area contributed by atoms with Crippen LogP contribution in [0.15, 0.2) is 0 Å². The van der Waals surface area contributed by atoms with Gasteiger partial charge in [0.1, 0.15) is 6.10 Å². The number of amides is 1. The first-order chi connectivity index (χ1) is 6.81. The topological polar surface area (TPSA) is 110 Å². The third-order valence-corrected chi connectivity index (χ3v) is 2.02. The molecule has 0 aliphatic heterocycles. The number of nitrogens with one attached hydrogen (secondary N) is 1. The first-order valence-corrected chi connectivity index (χ1v) is 4.57. The summed E-state index contributed by atoms with van der Waals surface area (Å²) in [5, 5.41) is 30.6. The molecule has 0 spiro atoms. The van der Waals surface area contributed by atoms with E-state index >= 15 is 0 Å². The lowest BCUT2D eigenvalue weighted by molar-refractivity contribution is -0.305. The maximum absolute atomic E-state index is 11.2. The van der Waals surface area contributed by atoms with Crippen molar-refractivity contribution in [3.05, 3.63) is 0 Å². The highest BCUT2D eigenvalue weighted by molar-refractivity contribution is 5.81. The number of carbonyl (C=O) groups is 2. The zero-order chi connectivity index (χ0) is 12.1. The molecule has 0 aromatic rings. The first-order valence-electron chi connectivity index (χ1n) is 4.57. The molecule has 96 valence electrons. The summed E-state index contributed by atoms with van der Waals surface area (Å²) in [7, 11) is 0. The molecular weight excluding hydrogens is 214 g/mol. The van der Waals surface area contributed by atoms with E-state index in [1.54, 1.807) is 0 Å². The molecule has 0 radical (unpaired) electrons. The number of aliphatic hydroxyl groups excluding tert-OH is 2. The fraction of sp³-hybridized carbons (Fsp3) is 0.800. The van der Waals surface area contributed by atoms with Crippen LogP contribution in [0.4, 0.5) is 0 Å². The van der Waals surface area contributed by atoms with Gasteiger partial charge in [-0.1, -0.05) is 21.3 Å². The molecule has 6 heteroatoms. The lowest BCUT2D eigenvalue weighted by atomic mass is 9.87. The Morgan fingerprint density at radius 2 is 1.94 bits per heavy atom. The van der Waals surface area contributed by atoms with Crippen molar-refractivity contribution < 1.29 is 24.9 Å². The normalized spacial score (nSPS) is 12.5. The van der Waals surface area contributed by atoms with E-state index < -0.39 is 23.4 Å². The van der Waals surface area contributed by atoms with E-state index in [-0.39, 0.29) is 27.0 Å². The van der Waals surface area contributed by atoms with Crippen LogP contribution in [0.25, 0.3) is 0 Å². The molecule has 1 atom stereocenters. The Kier molecular flexibility index (Phi) is 7.75. The van der Waals surface area contributed by atoms with Gasteiger partial charge in [0.2, 0.25) is 5.91 Å². The molecule has 0 bridgehead atoms. The summed E-state index contributed by atoms with van der Waals surface area (Å²) in [5.74, 6) is -1.97. The molecule has 0 aromatic heterocycles. The molecule has 0 aliphatic carbocycles. The fourth-order valence-corrected chi connectivity index (χ4v) is 0.826. The first kappa shape index (κ1) is 17.3. The molecule has 16 heavy (non-hydrogen) atoms. The number of aliphatic carboxylic acids is 1. The third-order valence-electron chi connectivity index (χ3n) is 2.02. The molecule has 0 rings (SSSR count). The maximum Gasteiger partial charge on any atom is 0.249 e. The Bertz CT molecular complexity index is 239. The average Bonchev–Trinajstić information content (AvgIpc) is 2.15. The molecule has 0 saturated heterocycles. The van der Waals surface area contributed by atoms with Crippen molar-refractivity contribution >= 4 is 11.9 Å². The maximum atomic E-state index is 11.2. The summed E-state index contributed by atoms with van der Waals surface area (Å²) in [5.41, 5.74) is -0.953. The number of rotatable bonds is 6. The second-order valence-corrected chi connectivity index (χ2v) is 3.96. The lowest BCUT2D eigenvalue weighted by Crippen LogP contribution is -2.46. The summed E-state index contributed by atoms with van der Waals surface area (Å²) in [6, 6.07) is 0. The highest BCUT2D eigenvalue weighted by Crippen LogP contribution is 2.19. The molecular formula is C10H20NO5-. The molecule has 0 fully saturated rings. The third kappa shape index (κ3) is 5.67. The Labute approximate surface area is 95.3 Å². The molecule has 0 saturated carbocycles. The Balaban J connectivity index is 0. The second kappa shape index (κ2) is 7.19. The van der Waals surface area contributed by atoms with Gasteiger partial charge in [-0.3, -0.25) is 4.79 Å². The van der Waals surface area contributed by atoms with Crippen LogP contribution in [0.1, 0.15) is 27.7 Å². The van der Waals surface area contributed by atoms with Gasteiger partial charge in [0.25, 0.3) is 0 Å². The van der Waals surface area contributed by atoms with Crippen LogP contribution in [0, 0.1) is 5.41 Å². The second-order valence-electron chi connectivity index (χ2n) is 3.96. The van der Waals surface area contributed by atoms with Crippen molar-refractivity contribution in [2.24, 2.45) is 5.41 Å². The van der Waals surface area contributed by atoms with Gasteiger partial charge in [0, 0.05) is 24.3 Å². The number of aliphatic hydroxyl groups is 2. The summed E-state index contributed by atoms with van der Waals surface area (Å²) in [6.45, 7) is 2.60. The summed E-state index contributed by atoms with van der Waals surface area (Å²) in [6.07, 6.45) is -1.68. The van der Waals surface area contributed by atoms with Gasteiger partial charge in [-0.05, 0) is 0 Å². The van der Waals surface area contributed by atoms with Gasteiger partial charge in [-0.2, -0.15) is 0 Å². The van der Waals surface area contributed by atoms with E-state index in [9.17, 15) is 19.8 Å². The minimum atomic E-state index is -1.37. The van der Waals surface area contributed by atoms with E-state index in [1.165, 1.54) is 13.8 Å². The zero-order valence-corrected chi connectivity index (χ0v) is 8.82. The van der Waals surface area contributed by atoms with E-state index in [0.717, 1.165) is 0 Å². The van der Waals surface area contributed by atoms with Gasteiger partial charge < -0.3 is 25.4 Å². The SMILES string of the molecule is C.CC(C)(CO)[C@@H](O)C(=O)NCCC(=O)[O-]. The van der Waals surface area contributed by atoms with Crippen LogP contribution in [-0.2, 0) is 9.59 Å². The van der Waals surface area contributed by atoms with Crippen molar-refractivity contribution in [2.75, 3.05) is 13.2 Å². The molecule has 1 amide bonds.